The van der Waals surface area contributed by atoms with E-state index in [1.54, 1.807) is 13.8 Å². The van der Waals surface area contributed by atoms with Gasteiger partial charge in [0.15, 0.2) is 0 Å². The molecular formula is C22H44O4. The number of aliphatic carboxylic acids is 1. The predicted molar refractivity (Wildman–Crippen MR) is 109 cm³/mol. The summed E-state index contributed by atoms with van der Waals surface area (Å²) < 4.78 is 5.12. The van der Waals surface area contributed by atoms with Gasteiger partial charge in [0.05, 0.1) is 17.4 Å². The second kappa shape index (κ2) is 13.2. The van der Waals surface area contributed by atoms with Crippen LogP contribution >= 0.6 is 0 Å². The third-order valence-electron chi connectivity index (χ3n) is 4.18. The highest BCUT2D eigenvalue weighted by atomic mass is 16.5. The summed E-state index contributed by atoms with van der Waals surface area (Å²) in [5, 5.41) is 8.85. The largest absolute Gasteiger partial charge is 0.481 e. The van der Waals surface area contributed by atoms with Gasteiger partial charge in [0.25, 0.3) is 0 Å². The summed E-state index contributed by atoms with van der Waals surface area (Å²) in [4.78, 5) is 22.0. The molecule has 0 spiro atoms. The van der Waals surface area contributed by atoms with Gasteiger partial charge in [0, 0.05) is 0 Å². The standard InChI is InChI=1S/2C11H22O2/c1-9(2)7-6-8-13-10(12)11(3,4)5;1-9(2)7-5-6-8-11(3,4)10(12)13/h9H,6-8H2,1-5H3;9H,5-8H2,1-4H3,(H,12,13). The summed E-state index contributed by atoms with van der Waals surface area (Å²) in [5.41, 5.74) is -0.908. The van der Waals surface area contributed by atoms with E-state index in [2.05, 4.69) is 27.7 Å². The van der Waals surface area contributed by atoms with Crippen molar-refractivity contribution in [3.8, 4) is 0 Å². The van der Waals surface area contributed by atoms with Crippen molar-refractivity contribution in [2.24, 2.45) is 22.7 Å². The van der Waals surface area contributed by atoms with Crippen molar-refractivity contribution in [3.05, 3.63) is 0 Å². The van der Waals surface area contributed by atoms with E-state index in [4.69, 9.17) is 9.84 Å². The number of rotatable bonds is 10. The van der Waals surface area contributed by atoms with E-state index in [1.165, 1.54) is 6.42 Å². The molecule has 0 fully saturated rings. The van der Waals surface area contributed by atoms with E-state index in [1.807, 2.05) is 20.8 Å². The molecule has 156 valence electrons. The van der Waals surface area contributed by atoms with Crippen molar-refractivity contribution in [2.75, 3.05) is 6.61 Å². The number of carboxylic acid groups (broad SMARTS) is 1. The Morgan fingerprint density at radius 1 is 0.846 bits per heavy atom. The lowest BCUT2D eigenvalue weighted by Gasteiger charge is -2.18. The van der Waals surface area contributed by atoms with Gasteiger partial charge in [0.1, 0.15) is 0 Å². The van der Waals surface area contributed by atoms with Crippen molar-refractivity contribution in [2.45, 2.75) is 101 Å². The number of ether oxygens (including phenoxy) is 1. The van der Waals surface area contributed by atoms with Crippen LogP contribution in [-0.4, -0.2) is 23.7 Å². The number of hydrogen-bond donors (Lipinski definition) is 1. The van der Waals surface area contributed by atoms with Gasteiger partial charge in [0.2, 0.25) is 0 Å². The average molecular weight is 373 g/mol. The maximum Gasteiger partial charge on any atom is 0.311 e. The number of hydrogen-bond acceptors (Lipinski definition) is 3. The molecule has 0 aromatic heterocycles. The molecule has 0 aromatic rings. The second-order valence-corrected chi connectivity index (χ2v) is 9.75. The molecule has 0 aliphatic carbocycles. The summed E-state index contributed by atoms with van der Waals surface area (Å²) >= 11 is 0. The summed E-state index contributed by atoms with van der Waals surface area (Å²) in [7, 11) is 0. The van der Waals surface area contributed by atoms with Gasteiger partial charge in [-0.1, -0.05) is 47.0 Å². The van der Waals surface area contributed by atoms with Crippen LogP contribution in [0.4, 0.5) is 0 Å². The fourth-order valence-corrected chi connectivity index (χ4v) is 2.10. The van der Waals surface area contributed by atoms with Crippen LogP contribution < -0.4 is 0 Å². The van der Waals surface area contributed by atoms with Gasteiger partial charge in [-0.25, -0.2) is 0 Å². The topological polar surface area (TPSA) is 63.6 Å². The molecule has 0 aliphatic heterocycles. The zero-order valence-electron chi connectivity index (χ0n) is 18.8. The predicted octanol–water partition coefficient (Wildman–Crippen LogP) is 6.33. The van der Waals surface area contributed by atoms with E-state index in [-0.39, 0.29) is 11.4 Å². The Bertz CT molecular complexity index is 389. The van der Waals surface area contributed by atoms with Gasteiger partial charge in [-0.05, 0) is 65.7 Å². The fourth-order valence-electron chi connectivity index (χ4n) is 2.10. The van der Waals surface area contributed by atoms with Crippen molar-refractivity contribution >= 4 is 11.9 Å². The van der Waals surface area contributed by atoms with Crippen LogP contribution in [0.15, 0.2) is 0 Å². The van der Waals surface area contributed by atoms with Crippen molar-refractivity contribution in [1.82, 2.24) is 0 Å². The summed E-state index contributed by atoms with van der Waals surface area (Å²) in [6.45, 7) is 18.5. The Balaban J connectivity index is 0. The molecule has 0 atom stereocenters. The molecule has 0 unspecified atom stereocenters. The molecule has 0 saturated carbocycles. The summed E-state index contributed by atoms with van der Waals surface area (Å²) in [6.07, 6.45) is 6.26. The van der Waals surface area contributed by atoms with Gasteiger partial charge in [-0.15, -0.1) is 0 Å². The molecular weight excluding hydrogens is 328 g/mol. The second-order valence-electron chi connectivity index (χ2n) is 9.75. The molecule has 0 aromatic carbocycles. The number of carbonyl (C=O) groups excluding carboxylic acids is 1. The normalized spacial score (nSPS) is 12.0. The first kappa shape index (κ1) is 27.2. The maximum atomic E-state index is 11.3. The van der Waals surface area contributed by atoms with Crippen LogP contribution in [0.3, 0.4) is 0 Å². The van der Waals surface area contributed by atoms with E-state index in [9.17, 15) is 9.59 Å². The molecule has 0 amide bonds. The molecule has 4 heteroatoms. The number of esters is 1. The molecule has 0 bridgehead atoms. The highest BCUT2D eigenvalue weighted by molar-refractivity contribution is 5.75. The Labute approximate surface area is 162 Å². The molecule has 0 aliphatic rings. The molecule has 0 rings (SSSR count). The summed E-state index contributed by atoms with van der Waals surface area (Å²) in [5.74, 6) is 0.634. The van der Waals surface area contributed by atoms with Crippen molar-refractivity contribution in [1.29, 1.82) is 0 Å². The van der Waals surface area contributed by atoms with Crippen LogP contribution in [0.1, 0.15) is 101 Å². The van der Waals surface area contributed by atoms with Gasteiger partial charge in [-0.3, -0.25) is 9.59 Å². The number of carboxylic acids is 1. The van der Waals surface area contributed by atoms with Crippen molar-refractivity contribution in [3.63, 3.8) is 0 Å². The summed E-state index contributed by atoms with van der Waals surface area (Å²) in [6, 6.07) is 0. The highest BCUT2D eigenvalue weighted by Crippen LogP contribution is 2.24. The lowest BCUT2D eigenvalue weighted by Crippen LogP contribution is -2.23. The van der Waals surface area contributed by atoms with E-state index in [0.717, 1.165) is 38.0 Å². The SMILES string of the molecule is CC(C)CCCCC(C)(C)C(=O)O.CC(C)CCCOC(=O)C(C)(C)C. The van der Waals surface area contributed by atoms with E-state index in [0.29, 0.717) is 12.5 Å². The third kappa shape index (κ3) is 16.4. The first-order valence-corrected chi connectivity index (χ1v) is 10.1. The van der Waals surface area contributed by atoms with Gasteiger partial charge >= 0.3 is 11.9 Å². The molecule has 0 radical (unpaired) electrons. The zero-order valence-corrected chi connectivity index (χ0v) is 18.8. The Morgan fingerprint density at radius 3 is 1.69 bits per heavy atom. The molecule has 4 nitrogen and oxygen atoms in total. The van der Waals surface area contributed by atoms with Crippen LogP contribution in [0, 0.1) is 22.7 Å². The smallest absolute Gasteiger partial charge is 0.311 e. The lowest BCUT2D eigenvalue weighted by atomic mass is 9.86. The minimum atomic E-state index is -0.683. The molecule has 0 heterocycles. The number of unbranched alkanes of at least 4 members (excludes halogenated alkanes) is 1. The van der Waals surface area contributed by atoms with E-state index < -0.39 is 11.4 Å². The quantitative estimate of drug-likeness (QED) is 0.360. The van der Waals surface area contributed by atoms with Gasteiger partial charge < -0.3 is 9.84 Å². The molecule has 26 heavy (non-hydrogen) atoms. The third-order valence-corrected chi connectivity index (χ3v) is 4.18. The highest BCUT2D eigenvalue weighted by Gasteiger charge is 2.26. The fraction of sp³-hybridized carbons (Fsp3) is 0.909. The monoisotopic (exact) mass is 372 g/mol. The molecule has 0 saturated heterocycles. The lowest BCUT2D eigenvalue weighted by molar-refractivity contribution is -0.153. The van der Waals surface area contributed by atoms with Crippen LogP contribution in [0.25, 0.3) is 0 Å². The Morgan fingerprint density at radius 2 is 1.31 bits per heavy atom. The van der Waals surface area contributed by atoms with Crippen LogP contribution in [0.5, 0.6) is 0 Å². The molecule has 1 N–H and O–H groups in total. The van der Waals surface area contributed by atoms with E-state index >= 15 is 0 Å². The minimum absolute atomic E-state index is 0.101. The first-order chi connectivity index (χ1) is 11.7. The van der Waals surface area contributed by atoms with Crippen molar-refractivity contribution < 1.29 is 19.4 Å². The first-order valence-electron chi connectivity index (χ1n) is 10.1. The maximum absolute atomic E-state index is 11.3. The Kier molecular flexibility index (Phi) is 13.7. The minimum Gasteiger partial charge on any atom is -0.481 e. The Hall–Kier alpha value is -1.06. The van der Waals surface area contributed by atoms with Crippen LogP contribution in [0.2, 0.25) is 0 Å². The van der Waals surface area contributed by atoms with Gasteiger partial charge in [-0.2, -0.15) is 0 Å². The number of carbonyl (C=O) groups is 2. The average Bonchev–Trinajstić information content (AvgIpc) is 2.47. The van der Waals surface area contributed by atoms with Crippen LogP contribution in [-0.2, 0) is 14.3 Å². The zero-order chi connectivity index (χ0) is 21.0.